The molecule has 0 heterocycles. The lowest BCUT2D eigenvalue weighted by molar-refractivity contribution is -0.0500. The van der Waals surface area contributed by atoms with E-state index in [0.29, 0.717) is 0 Å². The molecule has 0 radical (unpaired) electrons. The third-order valence-electron chi connectivity index (χ3n) is 5.83. The van der Waals surface area contributed by atoms with Crippen LogP contribution in [0.2, 0.25) is 0 Å². The highest BCUT2D eigenvalue weighted by Gasteiger charge is 2.48. The van der Waals surface area contributed by atoms with Gasteiger partial charge in [0.15, 0.2) is 0 Å². The van der Waals surface area contributed by atoms with Crippen LogP contribution in [0.1, 0.15) is 35.1 Å². The van der Waals surface area contributed by atoms with E-state index in [1.165, 1.54) is 12.1 Å². The van der Waals surface area contributed by atoms with Gasteiger partial charge in [-0.1, -0.05) is 30.3 Å². The number of hydrogen-bond acceptors (Lipinski definition) is 5. The normalized spacial score (nSPS) is 14.2. The molecule has 1 aliphatic rings. The minimum absolute atomic E-state index is 0.416. The van der Waals surface area contributed by atoms with Gasteiger partial charge in [-0.2, -0.15) is 21.6 Å². The fraction of sp³-hybridized carbons (Fsp3) is 0.231. The molecule has 0 aromatic heterocycles. The maximum atomic E-state index is 12.7. The summed E-state index contributed by atoms with van der Waals surface area (Å²) in [6, 6.07) is 19.1. The molecule has 0 N–H and O–H groups in total. The number of alkyl halides is 3. The first-order valence-electron chi connectivity index (χ1n) is 10.8. The van der Waals surface area contributed by atoms with Crippen molar-refractivity contribution in [1.29, 1.82) is 0 Å². The van der Waals surface area contributed by atoms with Crippen molar-refractivity contribution in [3.63, 3.8) is 0 Å². The molecule has 0 unspecified atom stereocenters. The molecule has 0 amide bonds. The maximum Gasteiger partial charge on any atom is 0.534 e. The molecule has 3 aromatic carbocycles. The maximum absolute atomic E-state index is 12.7. The van der Waals surface area contributed by atoms with Crippen LogP contribution in [0.3, 0.4) is 0 Å². The lowest BCUT2D eigenvalue weighted by Gasteiger charge is -2.18. The largest absolute Gasteiger partial charge is 0.534 e. The predicted octanol–water partition coefficient (Wildman–Crippen LogP) is 6.23. The molecule has 3 aromatic rings. The minimum Gasteiger partial charge on any atom is -0.497 e. The molecule has 4 rings (SSSR count). The molecule has 35 heavy (non-hydrogen) atoms. The van der Waals surface area contributed by atoms with Gasteiger partial charge >= 0.3 is 15.6 Å². The second kappa shape index (κ2) is 9.65. The number of aryl methyl sites for hydroxylation is 1. The molecule has 184 valence electrons. The SMILES string of the molecule is COc1ccc(C2=C(c3ccc(OS(=O)(=O)C(F)(F)F)cc3)c3ccc(OC)cc3CCC2)cc1. The first-order valence-corrected chi connectivity index (χ1v) is 12.2. The van der Waals surface area contributed by atoms with Gasteiger partial charge in [-0.15, -0.1) is 0 Å². The number of methoxy groups -OCH3 is 2. The number of benzene rings is 3. The molecule has 1 aliphatic carbocycles. The van der Waals surface area contributed by atoms with E-state index >= 15 is 0 Å². The van der Waals surface area contributed by atoms with E-state index in [0.717, 1.165) is 64.2 Å². The predicted molar refractivity (Wildman–Crippen MR) is 127 cm³/mol. The molecular weight excluding hydrogens is 481 g/mol. The van der Waals surface area contributed by atoms with Crippen molar-refractivity contribution in [3.8, 4) is 17.2 Å². The minimum atomic E-state index is -5.75. The molecule has 0 saturated carbocycles. The Balaban J connectivity index is 1.84. The molecule has 5 nitrogen and oxygen atoms in total. The summed E-state index contributed by atoms with van der Waals surface area (Å²) in [4.78, 5) is 0. The van der Waals surface area contributed by atoms with Crippen molar-refractivity contribution >= 4 is 21.3 Å². The van der Waals surface area contributed by atoms with Gasteiger partial charge in [0.25, 0.3) is 0 Å². The molecule has 0 saturated heterocycles. The fourth-order valence-electron chi connectivity index (χ4n) is 4.15. The molecule has 0 atom stereocenters. The molecule has 0 bridgehead atoms. The highest BCUT2D eigenvalue weighted by molar-refractivity contribution is 7.88. The summed E-state index contributed by atoms with van der Waals surface area (Å²) in [6.45, 7) is 0. The second-order valence-electron chi connectivity index (χ2n) is 7.97. The smallest absolute Gasteiger partial charge is 0.497 e. The van der Waals surface area contributed by atoms with Gasteiger partial charge in [0.2, 0.25) is 0 Å². The van der Waals surface area contributed by atoms with E-state index in [1.54, 1.807) is 26.4 Å². The van der Waals surface area contributed by atoms with Crippen LogP contribution in [0.25, 0.3) is 11.1 Å². The van der Waals surface area contributed by atoms with Gasteiger partial charge in [0.05, 0.1) is 14.2 Å². The number of fused-ring (bicyclic) bond motifs is 1. The van der Waals surface area contributed by atoms with Crippen LogP contribution in [0.5, 0.6) is 17.2 Å². The van der Waals surface area contributed by atoms with E-state index in [-0.39, 0.29) is 0 Å². The zero-order chi connectivity index (χ0) is 25.2. The van der Waals surface area contributed by atoms with Crippen LogP contribution in [0, 0.1) is 0 Å². The number of hydrogen-bond donors (Lipinski definition) is 0. The Labute approximate surface area is 201 Å². The summed E-state index contributed by atoms with van der Waals surface area (Å²) >= 11 is 0. The van der Waals surface area contributed by atoms with E-state index in [1.807, 2.05) is 42.5 Å². The van der Waals surface area contributed by atoms with Gasteiger partial charge in [0, 0.05) is 0 Å². The fourth-order valence-corrected chi connectivity index (χ4v) is 4.61. The Morgan fingerprint density at radius 2 is 1.31 bits per heavy atom. The Morgan fingerprint density at radius 1 is 0.743 bits per heavy atom. The summed E-state index contributed by atoms with van der Waals surface area (Å²) in [7, 11) is -2.55. The number of halogens is 3. The van der Waals surface area contributed by atoms with E-state index in [2.05, 4.69) is 4.18 Å². The van der Waals surface area contributed by atoms with E-state index in [9.17, 15) is 21.6 Å². The average Bonchev–Trinajstić information content (AvgIpc) is 3.03. The highest BCUT2D eigenvalue weighted by Crippen LogP contribution is 2.41. The van der Waals surface area contributed by atoms with Crippen molar-refractivity contribution in [2.75, 3.05) is 14.2 Å². The Bertz CT molecular complexity index is 1340. The number of ether oxygens (including phenoxy) is 2. The lowest BCUT2D eigenvalue weighted by Crippen LogP contribution is -2.28. The standard InChI is InChI=1S/C26H23F3O5S/c1-32-20-10-6-17(7-11-20)23-5-3-4-19-16-22(33-2)14-15-24(19)25(23)18-8-12-21(13-9-18)34-35(30,31)26(27,28)29/h6-16H,3-5H2,1-2H3. The lowest BCUT2D eigenvalue weighted by atomic mass is 9.88. The second-order valence-corrected chi connectivity index (χ2v) is 9.50. The van der Waals surface area contributed by atoms with Crippen LogP contribution in [-0.2, 0) is 16.5 Å². The quantitative estimate of drug-likeness (QED) is 0.294. The Morgan fingerprint density at radius 3 is 1.91 bits per heavy atom. The number of allylic oxidation sites excluding steroid dienone is 1. The van der Waals surface area contributed by atoms with Crippen LogP contribution in [-0.4, -0.2) is 28.1 Å². The molecule has 9 heteroatoms. The summed E-state index contributed by atoms with van der Waals surface area (Å²) < 4.78 is 75.9. The van der Waals surface area contributed by atoms with Crippen molar-refractivity contribution in [2.24, 2.45) is 0 Å². The first-order chi connectivity index (χ1) is 16.6. The zero-order valence-corrected chi connectivity index (χ0v) is 19.9. The van der Waals surface area contributed by atoms with Gasteiger partial charge in [0.1, 0.15) is 17.2 Å². The summed E-state index contributed by atoms with van der Waals surface area (Å²) in [5.74, 6) is 1.04. The topological polar surface area (TPSA) is 61.8 Å². The molecular formula is C26H23F3O5S. The van der Waals surface area contributed by atoms with Crippen LogP contribution < -0.4 is 13.7 Å². The van der Waals surface area contributed by atoms with Crippen molar-refractivity contribution in [3.05, 3.63) is 89.0 Å². The zero-order valence-electron chi connectivity index (χ0n) is 19.1. The van der Waals surface area contributed by atoms with E-state index < -0.39 is 21.4 Å². The van der Waals surface area contributed by atoms with Crippen molar-refractivity contribution in [1.82, 2.24) is 0 Å². The summed E-state index contributed by atoms with van der Waals surface area (Å²) in [6.07, 6.45) is 2.47. The molecule has 0 aliphatic heterocycles. The Hall–Kier alpha value is -3.46. The number of rotatable bonds is 6. The summed E-state index contributed by atoms with van der Waals surface area (Å²) in [5, 5.41) is 0. The van der Waals surface area contributed by atoms with Crippen LogP contribution in [0.15, 0.2) is 66.7 Å². The van der Waals surface area contributed by atoms with Gasteiger partial charge in [-0.3, -0.25) is 0 Å². The van der Waals surface area contributed by atoms with Gasteiger partial charge in [-0.25, -0.2) is 0 Å². The third-order valence-corrected chi connectivity index (χ3v) is 6.81. The molecule has 0 spiro atoms. The van der Waals surface area contributed by atoms with Gasteiger partial charge < -0.3 is 13.7 Å². The third kappa shape index (κ3) is 5.14. The monoisotopic (exact) mass is 504 g/mol. The first kappa shape index (κ1) is 24.7. The molecule has 0 fully saturated rings. The van der Waals surface area contributed by atoms with Crippen LogP contribution in [0.4, 0.5) is 13.2 Å². The highest BCUT2D eigenvalue weighted by atomic mass is 32.2. The van der Waals surface area contributed by atoms with Crippen molar-refractivity contribution in [2.45, 2.75) is 24.8 Å². The summed E-state index contributed by atoms with van der Waals surface area (Å²) in [5.41, 5.74) is 0.247. The Kier molecular flexibility index (Phi) is 6.80. The van der Waals surface area contributed by atoms with E-state index in [4.69, 9.17) is 9.47 Å². The van der Waals surface area contributed by atoms with Crippen LogP contribution >= 0.6 is 0 Å². The van der Waals surface area contributed by atoms with Gasteiger partial charge in [-0.05, 0) is 89.1 Å². The van der Waals surface area contributed by atoms with Crippen molar-refractivity contribution < 1.29 is 35.2 Å². The average molecular weight is 505 g/mol.